The Morgan fingerprint density at radius 1 is 0.968 bits per heavy atom. The molecule has 0 spiro atoms. The first-order valence-electron chi connectivity index (χ1n) is 10.6. The highest BCUT2D eigenvalue weighted by Crippen LogP contribution is 2.49. The van der Waals surface area contributed by atoms with Gasteiger partial charge < -0.3 is 14.8 Å². The zero-order valence-corrected chi connectivity index (χ0v) is 17.8. The van der Waals surface area contributed by atoms with E-state index in [9.17, 15) is 0 Å². The van der Waals surface area contributed by atoms with Crippen LogP contribution in [0.5, 0.6) is 11.5 Å². The van der Waals surface area contributed by atoms with Crippen LogP contribution in [-0.2, 0) is 0 Å². The highest BCUT2D eigenvalue weighted by atomic mass is 16.5. The number of anilines is 1. The lowest BCUT2D eigenvalue weighted by Crippen LogP contribution is -2.28. The average molecular weight is 411 g/mol. The molecule has 156 valence electrons. The van der Waals surface area contributed by atoms with Crippen molar-refractivity contribution in [2.75, 3.05) is 19.5 Å². The van der Waals surface area contributed by atoms with Crippen LogP contribution in [0.25, 0.3) is 0 Å². The molecule has 1 aliphatic carbocycles. The van der Waals surface area contributed by atoms with Gasteiger partial charge in [0.1, 0.15) is 11.5 Å². The Kier molecular flexibility index (Phi) is 5.21. The first-order valence-corrected chi connectivity index (χ1v) is 10.6. The molecule has 1 heterocycles. The second-order valence-corrected chi connectivity index (χ2v) is 8.02. The number of aliphatic imine (C=N–C) groups is 1. The lowest BCUT2D eigenvalue weighted by Gasteiger charge is -2.37. The summed E-state index contributed by atoms with van der Waals surface area (Å²) >= 11 is 0. The van der Waals surface area contributed by atoms with Crippen molar-refractivity contribution < 1.29 is 9.47 Å². The standard InChI is InChI=1S/C27H26N2O2/c1-30-21-15-12-19(26(16-21)31-2)17-28-20-13-10-18(11-14-20)27-24-8-5-7-22(24)23-6-3-4-9-25(23)29-27/h3-7,9-17,22,24,27,29H,8H2,1-2H3/t22-,24+,27+/m1/s1. The molecule has 0 bridgehead atoms. The summed E-state index contributed by atoms with van der Waals surface area (Å²) < 4.78 is 10.7. The van der Waals surface area contributed by atoms with E-state index in [0.717, 1.165) is 29.2 Å². The van der Waals surface area contributed by atoms with Crippen molar-refractivity contribution in [2.24, 2.45) is 10.9 Å². The third-order valence-electron chi connectivity index (χ3n) is 6.32. The molecule has 4 heteroatoms. The molecule has 0 saturated heterocycles. The van der Waals surface area contributed by atoms with Crippen LogP contribution in [0, 0.1) is 5.92 Å². The smallest absolute Gasteiger partial charge is 0.131 e. The van der Waals surface area contributed by atoms with E-state index in [0.29, 0.717) is 17.9 Å². The first kappa shape index (κ1) is 19.4. The number of para-hydroxylation sites is 1. The van der Waals surface area contributed by atoms with Crippen LogP contribution in [0.1, 0.15) is 35.1 Å². The first-order chi connectivity index (χ1) is 15.3. The molecular formula is C27H26N2O2. The summed E-state index contributed by atoms with van der Waals surface area (Å²) in [4.78, 5) is 4.65. The van der Waals surface area contributed by atoms with Crippen LogP contribution in [0.3, 0.4) is 0 Å². The van der Waals surface area contributed by atoms with E-state index in [1.54, 1.807) is 14.2 Å². The van der Waals surface area contributed by atoms with Gasteiger partial charge in [-0.1, -0.05) is 42.5 Å². The summed E-state index contributed by atoms with van der Waals surface area (Å²) in [6.45, 7) is 0. The molecule has 0 fully saturated rings. The van der Waals surface area contributed by atoms with Crippen molar-refractivity contribution in [3.05, 3.63) is 95.6 Å². The van der Waals surface area contributed by atoms with Crippen molar-refractivity contribution in [3.63, 3.8) is 0 Å². The van der Waals surface area contributed by atoms with E-state index in [4.69, 9.17) is 9.47 Å². The van der Waals surface area contributed by atoms with Crippen LogP contribution in [-0.4, -0.2) is 20.4 Å². The molecule has 2 aliphatic rings. The Balaban J connectivity index is 1.37. The Morgan fingerprint density at radius 3 is 2.61 bits per heavy atom. The number of rotatable bonds is 5. The molecule has 0 radical (unpaired) electrons. The lowest BCUT2D eigenvalue weighted by molar-refractivity contribution is 0.394. The minimum Gasteiger partial charge on any atom is -0.497 e. The fourth-order valence-electron chi connectivity index (χ4n) is 4.71. The van der Waals surface area contributed by atoms with Gasteiger partial charge in [0.15, 0.2) is 0 Å². The molecule has 1 aliphatic heterocycles. The maximum Gasteiger partial charge on any atom is 0.131 e. The largest absolute Gasteiger partial charge is 0.497 e. The van der Waals surface area contributed by atoms with E-state index in [-0.39, 0.29) is 0 Å². The molecule has 4 nitrogen and oxygen atoms in total. The normalized spacial score (nSPS) is 21.4. The van der Waals surface area contributed by atoms with E-state index in [1.165, 1.54) is 16.8 Å². The summed E-state index contributed by atoms with van der Waals surface area (Å²) in [7, 11) is 3.30. The number of fused-ring (bicyclic) bond motifs is 3. The summed E-state index contributed by atoms with van der Waals surface area (Å²) in [5.41, 5.74) is 5.78. The third kappa shape index (κ3) is 3.70. The number of allylic oxidation sites excluding steroid dienone is 2. The van der Waals surface area contributed by atoms with E-state index >= 15 is 0 Å². The highest BCUT2D eigenvalue weighted by molar-refractivity contribution is 5.85. The Bertz CT molecular complexity index is 1130. The quantitative estimate of drug-likeness (QED) is 0.397. The summed E-state index contributed by atoms with van der Waals surface area (Å²) in [6.07, 6.45) is 7.64. The molecular weight excluding hydrogens is 384 g/mol. The van der Waals surface area contributed by atoms with Gasteiger partial charge >= 0.3 is 0 Å². The van der Waals surface area contributed by atoms with Gasteiger partial charge in [-0.2, -0.15) is 0 Å². The van der Waals surface area contributed by atoms with Gasteiger partial charge in [-0.3, -0.25) is 4.99 Å². The zero-order chi connectivity index (χ0) is 21.2. The molecule has 3 aromatic rings. The Hall–Kier alpha value is -3.53. The molecule has 3 aromatic carbocycles. The molecule has 31 heavy (non-hydrogen) atoms. The van der Waals surface area contributed by atoms with Crippen LogP contribution >= 0.6 is 0 Å². The number of ether oxygens (including phenoxy) is 2. The fourth-order valence-corrected chi connectivity index (χ4v) is 4.71. The van der Waals surface area contributed by atoms with Crippen LogP contribution in [0.2, 0.25) is 0 Å². The van der Waals surface area contributed by atoms with E-state index in [1.807, 2.05) is 24.4 Å². The number of hydrogen-bond acceptors (Lipinski definition) is 4. The van der Waals surface area contributed by atoms with E-state index < -0.39 is 0 Å². The van der Waals surface area contributed by atoms with Crippen LogP contribution < -0.4 is 14.8 Å². The van der Waals surface area contributed by atoms with Crippen molar-refractivity contribution >= 4 is 17.6 Å². The second-order valence-electron chi connectivity index (χ2n) is 8.02. The maximum absolute atomic E-state index is 5.46. The number of nitrogens with zero attached hydrogens (tertiary/aromatic N) is 1. The minimum absolute atomic E-state index is 0.301. The molecule has 5 rings (SSSR count). The van der Waals surface area contributed by atoms with Crippen molar-refractivity contribution in [1.29, 1.82) is 0 Å². The summed E-state index contributed by atoms with van der Waals surface area (Å²) in [6, 6.07) is 23.3. The molecule has 0 saturated carbocycles. The SMILES string of the molecule is COc1ccc(C=Nc2ccc([C@@H]3Nc4ccccc4[C@H]4C=CC[C@@H]43)cc2)c(OC)c1. The molecule has 0 aromatic heterocycles. The van der Waals surface area contributed by atoms with Gasteiger partial charge in [-0.25, -0.2) is 0 Å². The van der Waals surface area contributed by atoms with Gasteiger partial charge in [-0.15, -0.1) is 0 Å². The van der Waals surface area contributed by atoms with Gasteiger partial charge in [0.25, 0.3) is 0 Å². The zero-order valence-electron chi connectivity index (χ0n) is 17.8. The van der Waals surface area contributed by atoms with Gasteiger partial charge in [-0.05, 0) is 53.8 Å². The van der Waals surface area contributed by atoms with Gasteiger partial charge in [0.05, 0.1) is 25.9 Å². The molecule has 0 unspecified atom stereocenters. The Labute approximate surface area is 183 Å². The number of hydrogen-bond donors (Lipinski definition) is 1. The van der Waals surface area contributed by atoms with Crippen molar-refractivity contribution in [3.8, 4) is 11.5 Å². The molecule has 1 N–H and O–H groups in total. The average Bonchev–Trinajstić information content (AvgIpc) is 3.33. The van der Waals surface area contributed by atoms with Crippen LogP contribution in [0.15, 0.2) is 83.9 Å². The summed E-state index contributed by atoms with van der Waals surface area (Å²) in [5, 5.41) is 3.78. The maximum atomic E-state index is 5.46. The van der Waals surface area contributed by atoms with Crippen LogP contribution in [0.4, 0.5) is 11.4 Å². The number of benzene rings is 3. The van der Waals surface area contributed by atoms with Gasteiger partial charge in [0, 0.05) is 29.4 Å². The monoisotopic (exact) mass is 410 g/mol. The topological polar surface area (TPSA) is 42.8 Å². The third-order valence-corrected chi connectivity index (χ3v) is 6.32. The Morgan fingerprint density at radius 2 is 1.81 bits per heavy atom. The predicted octanol–water partition coefficient (Wildman–Crippen LogP) is 6.28. The fraction of sp³-hybridized carbons (Fsp3) is 0.222. The lowest BCUT2D eigenvalue weighted by atomic mass is 9.77. The van der Waals surface area contributed by atoms with Gasteiger partial charge in [0.2, 0.25) is 0 Å². The van der Waals surface area contributed by atoms with Crippen molar-refractivity contribution in [2.45, 2.75) is 18.4 Å². The number of methoxy groups -OCH3 is 2. The highest BCUT2D eigenvalue weighted by Gasteiger charge is 2.37. The minimum atomic E-state index is 0.301. The molecule has 0 amide bonds. The predicted molar refractivity (Wildman–Crippen MR) is 126 cm³/mol. The number of nitrogens with one attached hydrogen (secondary N) is 1. The second kappa shape index (κ2) is 8.31. The summed E-state index contributed by atoms with van der Waals surface area (Å²) in [5.74, 6) is 2.54. The van der Waals surface area contributed by atoms with E-state index in [2.05, 4.69) is 71.0 Å². The molecule has 3 atom stereocenters. The van der Waals surface area contributed by atoms with Crippen molar-refractivity contribution in [1.82, 2.24) is 0 Å².